The minimum absolute atomic E-state index is 0.168. The Kier molecular flexibility index (Phi) is 5.98. The molecule has 1 saturated heterocycles. The molecule has 2 aliphatic heterocycles. The lowest BCUT2D eigenvalue weighted by atomic mass is 10.1. The van der Waals surface area contributed by atoms with Crippen molar-refractivity contribution in [1.29, 1.82) is 0 Å². The van der Waals surface area contributed by atoms with Crippen molar-refractivity contribution >= 4 is 17.4 Å². The molecule has 0 aromatic heterocycles. The Morgan fingerprint density at radius 1 is 0.939 bits per heavy atom. The summed E-state index contributed by atoms with van der Waals surface area (Å²) in [5.74, 6) is 3.26. The van der Waals surface area contributed by atoms with Crippen molar-refractivity contribution in [2.45, 2.75) is 12.8 Å². The third-order valence-corrected chi connectivity index (χ3v) is 6.09. The lowest BCUT2D eigenvalue weighted by molar-refractivity contribution is -0.130. The number of carbonyl (C=O) groups excluding carboxylic acids is 1. The molecule has 0 spiro atoms. The molecule has 0 atom stereocenters. The normalized spacial score (nSPS) is 15.4. The Morgan fingerprint density at radius 2 is 1.76 bits per heavy atom. The number of benzene rings is 3. The Morgan fingerprint density at radius 3 is 2.61 bits per heavy atom. The van der Waals surface area contributed by atoms with Gasteiger partial charge in [-0.05, 0) is 42.3 Å². The van der Waals surface area contributed by atoms with E-state index in [2.05, 4.69) is 4.90 Å². The van der Waals surface area contributed by atoms with Crippen LogP contribution < -0.4 is 9.47 Å². The molecule has 0 saturated carbocycles. The zero-order chi connectivity index (χ0) is 22.6. The Balaban J connectivity index is 1.41. The van der Waals surface area contributed by atoms with E-state index in [0.717, 1.165) is 59.4 Å². The molecule has 0 N–H and O–H groups in total. The molecule has 1 fully saturated rings. The molecule has 1 amide bonds. The fourth-order valence-corrected chi connectivity index (χ4v) is 4.33. The van der Waals surface area contributed by atoms with Crippen LogP contribution in [0, 0.1) is 0 Å². The second-order valence-corrected chi connectivity index (χ2v) is 8.25. The zero-order valence-corrected chi connectivity index (χ0v) is 18.7. The second kappa shape index (κ2) is 9.36. The first-order valence-electron chi connectivity index (χ1n) is 11.3. The summed E-state index contributed by atoms with van der Waals surface area (Å²) >= 11 is 0. The third-order valence-electron chi connectivity index (χ3n) is 6.09. The van der Waals surface area contributed by atoms with E-state index in [1.807, 2.05) is 77.7 Å². The summed E-state index contributed by atoms with van der Waals surface area (Å²) in [6, 6.07) is 23.5. The van der Waals surface area contributed by atoms with Gasteiger partial charge in [-0.2, -0.15) is 0 Å². The molecule has 2 aliphatic rings. The van der Waals surface area contributed by atoms with Gasteiger partial charge in [-0.1, -0.05) is 42.5 Å². The number of para-hydroxylation sites is 2. The quantitative estimate of drug-likeness (QED) is 0.593. The predicted molar refractivity (Wildman–Crippen MR) is 129 cm³/mol. The van der Waals surface area contributed by atoms with Crippen LogP contribution in [-0.4, -0.2) is 54.8 Å². The summed E-state index contributed by atoms with van der Waals surface area (Å²) in [5.41, 5.74) is 2.74. The molecule has 2 heterocycles. The van der Waals surface area contributed by atoms with E-state index >= 15 is 0 Å². The predicted octanol–water partition coefficient (Wildman–Crippen LogP) is 4.66. The van der Waals surface area contributed by atoms with Crippen LogP contribution in [0.2, 0.25) is 0 Å². The number of methoxy groups -OCH3 is 1. The minimum atomic E-state index is 0.168. The molecular formula is C27H27N3O3. The van der Waals surface area contributed by atoms with Gasteiger partial charge in [-0.3, -0.25) is 4.79 Å². The highest BCUT2D eigenvalue weighted by atomic mass is 16.5. The minimum Gasteiger partial charge on any atom is -0.497 e. The van der Waals surface area contributed by atoms with E-state index in [0.29, 0.717) is 19.5 Å². The highest BCUT2D eigenvalue weighted by molar-refractivity contribution is 6.04. The maximum Gasteiger partial charge on any atom is 0.227 e. The van der Waals surface area contributed by atoms with Gasteiger partial charge in [0, 0.05) is 26.2 Å². The van der Waals surface area contributed by atoms with Crippen LogP contribution in [0.3, 0.4) is 0 Å². The maximum absolute atomic E-state index is 12.9. The molecule has 6 heteroatoms. The summed E-state index contributed by atoms with van der Waals surface area (Å²) in [5, 5.41) is 0. The average molecular weight is 442 g/mol. The van der Waals surface area contributed by atoms with Crippen LogP contribution in [0.5, 0.6) is 17.2 Å². The van der Waals surface area contributed by atoms with Crippen molar-refractivity contribution in [2.24, 2.45) is 4.99 Å². The first kappa shape index (κ1) is 21.1. The lowest BCUT2D eigenvalue weighted by Crippen LogP contribution is -2.38. The number of aliphatic imine (C=N–C) groups is 1. The Labute approximate surface area is 194 Å². The molecule has 168 valence electrons. The Hall–Kier alpha value is -3.80. The highest BCUT2D eigenvalue weighted by Gasteiger charge is 2.26. The SMILES string of the molecule is COc1ccc2c(c1)C(N1CCCN(C(=O)Cc3ccccc3)CC1)=Nc1ccccc1O2. The van der Waals surface area contributed by atoms with Gasteiger partial charge in [0.1, 0.15) is 23.0 Å². The van der Waals surface area contributed by atoms with E-state index in [9.17, 15) is 4.79 Å². The number of hydrogen-bond acceptors (Lipinski definition) is 5. The highest BCUT2D eigenvalue weighted by Crippen LogP contribution is 2.39. The number of carbonyl (C=O) groups is 1. The number of nitrogens with zero attached hydrogens (tertiary/aromatic N) is 3. The van der Waals surface area contributed by atoms with Crippen LogP contribution in [0.25, 0.3) is 0 Å². The fraction of sp³-hybridized carbons (Fsp3) is 0.259. The van der Waals surface area contributed by atoms with Gasteiger partial charge in [0.05, 0.1) is 19.1 Å². The summed E-state index contributed by atoms with van der Waals surface area (Å²) in [7, 11) is 1.66. The molecule has 0 aliphatic carbocycles. The molecule has 0 radical (unpaired) electrons. The van der Waals surface area contributed by atoms with Gasteiger partial charge in [-0.25, -0.2) is 4.99 Å². The van der Waals surface area contributed by atoms with Crippen LogP contribution in [0.15, 0.2) is 77.8 Å². The standard InChI is InChI=1S/C27H27N3O3/c1-32-21-12-13-24-22(19-21)27(28-23-10-5-6-11-25(23)33-24)30-15-7-14-29(16-17-30)26(31)18-20-8-3-2-4-9-20/h2-6,8-13,19H,7,14-18H2,1H3. The number of amidine groups is 1. The van der Waals surface area contributed by atoms with Crippen LogP contribution in [-0.2, 0) is 11.2 Å². The van der Waals surface area contributed by atoms with Gasteiger partial charge < -0.3 is 19.3 Å². The molecule has 6 nitrogen and oxygen atoms in total. The smallest absolute Gasteiger partial charge is 0.227 e. The number of rotatable bonds is 3. The Bertz CT molecular complexity index is 1180. The molecule has 33 heavy (non-hydrogen) atoms. The van der Waals surface area contributed by atoms with Crippen LogP contribution in [0.4, 0.5) is 5.69 Å². The van der Waals surface area contributed by atoms with E-state index in [4.69, 9.17) is 14.5 Å². The topological polar surface area (TPSA) is 54.4 Å². The van der Waals surface area contributed by atoms with Crippen molar-refractivity contribution in [1.82, 2.24) is 9.80 Å². The molecule has 0 unspecified atom stereocenters. The summed E-state index contributed by atoms with van der Waals surface area (Å²) in [4.78, 5) is 22.2. The first-order valence-corrected chi connectivity index (χ1v) is 11.3. The largest absolute Gasteiger partial charge is 0.497 e. The summed E-state index contributed by atoms with van der Waals surface area (Å²) in [6.07, 6.45) is 1.31. The summed E-state index contributed by atoms with van der Waals surface area (Å²) in [6.45, 7) is 2.92. The van der Waals surface area contributed by atoms with E-state index in [1.54, 1.807) is 7.11 Å². The number of hydrogen-bond donors (Lipinski definition) is 0. The van der Waals surface area contributed by atoms with E-state index < -0.39 is 0 Å². The molecule has 3 aromatic carbocycles. The lowest BCUT2D eigenvalue weighted by Gasteiger charge is -2.25. The summed E-state index contributed by atoms with van der Waals surface area (Å²) < 4.78 is 11.7. The fourth-order valence-electron chi connectivity index (χ4n) is 4.33. The van der Waals surface area contributed by atoms with Gasteiger partial charge in [0.25, 0.3) is 0 Å². The van der Waals surface area contributed by atoms with Crippen molar-refractivity contribution in [3.8, 4) is 17.2 Å². The molecule has 3 aromatic rings. The van der Waals surface area contributed by atoms with Gasteiger partial charge >= 0.3 is 0 Å². The van der Waals surface area contributed by atoms with Gasteiger partial charge in [-0.15, -0.1) is 0 Å². The van der Waals surface area contributed by atoms with Crippen molar-refractivity contribution in [2.75, 3.05) is 33.3 Å². The van der Waals surface area contributed by atoms with Crippen molar-refractivity contribution in [3.63, 3.8) is 0 Å². The molecule has 5 rings (SSSR count). The van der Waals surface area contributed by atoms with E-state index in [-0.39, 0.29) is 5.91 Å². The molecular weight excluding hydrogens is 414 g/mol. The molecule has 0 bridgehead atoms. The van der Waals surface area contributed by atoms with E-state index in [1.165, 1.54) is 0 Å². The number of fused-ring (bicyclic) bond motifs is 2. The van der Waals surface area contributed by atoms with Crippen molar-refractivity contribution in [3.05, 3.63) is 83.9 Å². The number of ether oxygens (including phenoxy) is 2. The van der Waals surface area contributed by atoms with Crippen LogP contribution in [0.1, 0.15) is 17.5 Å². The second-order valence-electron chi connectivity index (χ2n) is 8.25. The zero-order valence-electron chi connectivity index (χ0n) is 18.7. The number of amides is 1. The van der Waals surface area contributed by atoms with Gasteiger partial charge in [0.15, 0.2) is 5.75 Å². The maximum atomic E-state index is 12.9. The third kappa shape index (κ3) is 4.55. The van der Waals surface area contributed by atoms with Gasteiger partial charge in [0.2, 0.25) is 5.91 Å². The first-order chi connectivity index (χ1) is 16.2. The van der Waals surface area contributed by atoms with Crippen LogP contribution >= 0.6 is 0 Å². The van der Waals surface area contributed by atoms with Crippen molar-refractivity contribution < 1.29 is 14.3 Å². The average Bonchev–Trinajstić information content (AvgIpc) is 3.19. The monoisotopic (exact) mass is 441 g/mol.